The molecule has 1 unspecified atom stereocenters. The van der Waals surface area contributed by atoms with Crippen molar-refractivity contribution in [3.8, 4) is 0 Å². The fourth-order valence-corrected chi connectivity index (χ4v) is 2.28. The van der Waals surface area contributed by atoms with Crippen LogP contribution < -0.4 is 0 Å². The predicted molar refractivity (Wildman–Crippen MR) is 54.3 cm³/mol. The van der Waals surface area contributed by atoms with Crippen molar-refractivity contribution in [2.45, 2.75) is 40.0 Å². The number of hydrogen-bond donors (Lipinski definition) is 0. The molecule has 1 heteroatoms. The smallest absolute Gasteiger partial charge is 0.00121 e. The van der Waals surface area contributed by atoms with Crippen LogP contribution in [0.2, 0.25) is 0 Å². The summed E-state index contributed by atoms with van der Waals surface area (Å²) in [6.07, 6.45) is 4.09. The van der Waals surface area contributed by atoms with E-state index in [9.17, 15) is 0 Å². The van der Waals surface area contributed by atoms with Gasteiger partial charge in [0.25, 0.3) is 0 Å². The maximum Gasteiger partial charge on any atom is 0.00121 e. The van der Waals surface area contributed by atoms with Crippen molar-refractivity contribution in [3.05, 3.63) is 0 Å². The molecule has 1 aliphatic rings. The summed E-state index contributed by atoms with van der Waals surface area (Å²) in [5.74, 6) is 1.92. The maximum atomic E-state index is 2.63. The first-order valence-corrected chi connectivity index (χ1v) is 5.50. The fourth-order valence-electron chi connectivity index (χ4n) is 2.28. The Balaban J connectivity index is 2.33. The molecule has 1 nitrogen and oxygen atoms in total. The molecule has 0 aromatic rings. The summed E-state index contributed by atoms with van der Waals surface area (Å²) in [6.45, 7) is 11.0. The summed E-state index contributed by atoms with van der Waals surface area (Å²) in [5.41, 5.74) is 0. The Kier molecular flexibility index (Phi) is 4.07. The molecule has 0 aliphatic carbocycles. The van der Waals surface area contributed by atoms with Crippen LogP contribution in [0, 0.1) is 11.8 Å². The molecule has 12 heavy (non-hydrogen) atoms. The SMILES string of the molecule is CCCN1CC[C@@H](C)C(CC)C1. The molecule has 1 heterocycles. The molecule has 1 saturated heterocycles. The van der Waals surface area contributed by atoms with Gasteiger partial charge in [-0.1, -0.05) is 27.2 Å². The van der Waals surface area contributed by atoms with Gasteiger partial charge < -0.3 is 4.90 Å². The molecule has 2 atom stereocenters. The van der Waals surface area contributed by atoms with Crippen molar-refractivity contribution in [1.29, 1.82) is 0 Å². The quantitative estimate of drug-likeness (QED) is 0.628. The molecular formula is C11H23N. The molecule has 1 rings (SSSR count). The van der Waals surface area contributed by atoms with Gasteiger partial charge in [-0.2, -0.15) is 0 Å². The lowest BCUT2D eigenvalue weighted by molar-refractivity contribution is 0.125. The van der Waals surface area contributed by atoms with Gasteiger partial charge in [-0.3, -0.25) is 0 Å². The van der Waals surface area contributed by atoms with Gasteiger partial charge in [0.1, 0.15) is 0 Å². The van der Waals surface area contributed by atoms with Gasteiger partial charge in [0, 0.05) is 6.54 Å². The Morgan fingerprint density at radius 2 is 2.08 bits per heavy atom. The highest BCUT2D eigenvalue weighted by Gasteiger charge is 2.23. The molecule has 0 spiro atoms. The van der Waals surface area contributed by atoms with Crippen LogP contribution in [-0.4, -0.2) is 24.5 Å². The van der Waals surface area contributed by atoms with E-state index in [0.717, 1.165) is 11.8 Å². The Hall–Kier alpha value is -0.0400. The molecular weight excluding hydrogens is 146 g/mol. The van der Waals surface area contributed by atoms with Crippen molar-refractivity contribution >= 4 is 0 Å². The average Bonchev–Trinajstić information content (AvgIpc) is 2.09. The third-order valence-electron chi connectivity index (χ3n) is 3.26. The van der Waals surface area contributed by atoms with E-state index in [1.165, 1.54) is 38.9 Å². The van der Waals surface area contributed by atoms with Crippen molar-refractivity contribution in [2.75, 3.05) is 19.6 Å². The van der Waals surface area contributed by atoms with Gasteiger partial charge in [-0.25, -0.2) is 0 Å². The van der Waals surface area contributed by atoms with Crippen LogP contribution in [-0.2, 0) is 0 Å². The van der Waals surface area contributed by atoms with E-state index in [1.54, 1.807) is 0 Å². The Bertz CT molecular complexity index is 122. The fraction of sp³-hybridized carbons (Fsp3) is 1.00. The topological polar surface area (TPSA) is 3.24 Å². The lowest BCUT2D eigenvalue weighted by atomic mass is 9.85. The van der Waals surface area contributed by atoms with Crippen molar-refractivity contribution < 1.29 is 0 Å². The molecule has 0 aromatic heterocycles. The molecule has 0 saturated carbocycles. The Morgan fingerprint density at radius 3 is 2.67 bits per heavy atom. The number of likely N-dealkylation sites (tertiary alicyclic amines) is 1. The van der Waals surface area contributed by atoms with Gasteiger partial charge in [0.05, 0.1) is 0 Å². The van der Waals surface area contributed by atoms with E-state index in [0.29, 0.717) is 0 Å². The molecule has 0 bridgehead atoms. The zero-order chi connectivity index (χ0) is 8.97. The van der Waals surface area contributed by atoms with E-state index in [-0.39, 0.29) is 0 Å². The second-order valence-corrected chi connectivity index (χ2v) is 4.23. The molecule has 72 valence electrons. The normalized spacial score (nSPS) is 32.2. The largest absolute Gasteiger partial charge is 0.303 e. The summed E-state index contributed by atoms with van der Waals surface area (Å²) >= 11 is 0. The van der Waals surface area contributed by atoms with Crippen LogP contribution in [0.5, 0.6) is 0 Å². The highest BCUT2D eigenvalue weighted by Crippen LogP contribution is 2.25. The van der Waals surface area contributed by atoms with Crippen LogP contribution in [0.25, 0.3) is 0 Å². The number of nitrogens with zero attached hydrogens (tertiary/aromatic N) is 1. The van der Waals surface area contributed by atoms with Gasteiger partial charge in [-0.15, -0.1) is 0 Å². The van der Waals surface area contributed by atoms with Gasteiger partial charge >= 0.3 is 0 Å². The van der Waals surface area contributed by atoms with E-state index in [1.807, 2.05) is 0 Å². The van der Waals surface area contributed by atoms with Crippen molar-refractivity contribution in [3.63, 3.8) is 0 Å². The van der Waals surface area contributed by atoms with Crippen LogP contribution in [0.3, 0.4) is 0 Å². The third-order valence-corrected chi connectivity index (χ3v) is 3.26. The zero-order valence-electron chi connectivity index (χ0n) is 8.84. The zero-order valence-corrected chi connectivity index (χ0v) is 8.84. The van der Waals surface area contributed by atoms with Gasteiger partial charge in [0.2, 0.25) is 0 Å². The van der Waals surface area contributed by atoms with E-state index in [2.05, 4.69) is 25.7 Å². The lowest BCUT2D eigenvalue weighted by Gasteiger charge is -2.36. The van der Waals surface area contributed by atoms with Gasteiger partial charge in [0.15, 0.2) is 0 Å². The number of rotatable bonds is 3. The monoisotopic (exact) mass is 169 g/mol. The molecule has 0 aromatic carbocycles. The first-order chi connectivity index (χ1) is 5.77. The third kappa shape index (κ3) is 2.48. The molecule has 1 aliphatic heterocycles. The van der Waals surface area contributed by atoms with E-state index < -0.39 is 0 Å². The first kappa shape index (κ1) is 10.0. The van der Waals surface area contributed by atoms with Crippen LogP contribution in [0.4, 0.5) is 0 Å². The van der Waals surface area contributed by atoms with Crippen molar-refractivity contribution in [1.82, 2.24) is 4.90 Å². The van der Waals surface area contributed by atoms with Crippen LogP contribution in [0.15, 0.2) is 0 Å². The standard InChI is InChI=1S/C11H23N/c1-4-7-12-8-6-10(3)11(5-2)9-12/h10-11H,4-9H2,1-3H3/t10-,11?/m1/s1. The maximum absolute atomic E-state index is 2.63. The Morgan fingerprint density at radius 1 is 1.33 bits per heavy atom. The minimum Gasteiger partial charge on any atom is -0.303 e. The Labute approximate surface area is 77.1 Å². The lowest BCUT2D eigenvalue weighted by Crippen LogP contribution is -2.39. The highest BCUT2D eigenvalue weighted by molar-refractivity contribution is 4.76. The highest BCUT2D eigenvalue weighted by atomic mass is 15.1. The predicted octanol–water partition coefficient (Wildman–Crippen LogP) is 2.76. The molecule has 0 radical (unpaired) electrons. The minimum absolute atomic E-state index is 0.961. The van der Waals surface area contributed by atoms with E-state index in [4.69, 9.17) is 0 Å². The van der Waals surface area contributed by atoms with Crippen LogP contribution in [0.1, 0.15) is 40.0 Å². The summed E-state index contributed by atoms with van der Waals surface area (Å²) in [7, 11) is 0. The second kappa shape index (κ2) is 4.86. The minimum atomic E-state index is 0.961. The summed E-state index contributed by atoms with van der Waals surface area (Å²) in [6, 6.07) is 0. The van der Waals surface area contributed by atoms with Crippen LogP contribution >= 0.6 is 0 Å². The summed E-state index contributed by atoms with van der Waals surface area (Å²) < 4.78 is 0. The van der Waals surface area contributed by atoms with Crippen molar-refractivity contribution in [2.24, 2.45) is 11.8 Å². The molecule has 0 amide bonds. The summed E-state index contributed by atoms with van der Waals surface area (Å²) in [5, 5.41) is 0. The molecule has 1 fully saturated rings. The number of hydrogen-bond acceptors (Lipinski definition) is 1. The first-order valence-electron chi connectivity index (χ1n) is 5.50. The molecule has 0 N–H and O–H groups in total. The van der Waals surface area contributed by atoms with E-state index >= 15 is 0 Å². The number of piperidine rings is 1. The second-order valence-electron chi connectivity index (χ2n) is 4.23. The van der Waals surface area contributed by atoms with Gasteiger partial charge in [-0.05, 0) is 37.8 Å². The summed E-state index contributed by atoms with van der Waals surface area (Å²) in [4.78, 5) is 2.63. The average molecular weight is 169 g/mol.